The lowest BCUT2D eigenvalue weighted by atomic mass is 10.1. The molecule has 27 heavy (non-hydrogen) atoms. The van der Waals surface area contributed by atoms with Crippen molar-refractivity contribution >= 4 is 21.8 Å². The molecule has 1 atom stereocenters. The molecule has 2 amide bonds. The molecule has 3 rings (SSSR count). The van der Waals surface area contributed by atoms with Gasteiger partial charge < -0.3 is 14.5 Å². The van der Waals surface area contributed by atoms with E-state index < -0.39 is 10.0 Å². The smallest absolute Gasteiger partial charge is 0.254 e. The van der Waals surface area contributed by atoms with Gasteiger partial charge in [-0.2, -0.15) is 0 Å². The summed E-state index contributed by atoms with van der Waals surface area (Å²) in [6.07, 6.45) is 1.31. The number of carbonyl (C=O) groups is 2. The number of rotatable bonds is 4. The second-order valence-corrected chi connectivity index (χ2v) is 9.09. The zero-order chi connectivity index (χ0) is 19.6. The van der Waals surface area contributed by atoms with Crippen molar-refractivity contribution in [2.24, 2.45) is 0 Å². The second kappa shape index (κ2) is 7.95. The van der Waals surface area contributed by atoms with Gasteiger partial charge in [0.15, 0.2) is 0 Å². The third-order valence-corrected chi connectivity index (χ3v) is 6.75. The van der Waals surface area contributed by atoms with Crippen molar-refractivity contribution in [3.8, 4) is 0 Å². The van der Waals surface area contributed by atoms with Gasteiger partial charge in [-0.3, -0.25) is 9.59 Å². The predicted molar refractivity (Wildman–Crippen MR) is 98.8 cm³/mol. The Kier molecular flexibility index (Phi) is 5.83. The Hall–Kier alpha value is -1.97. The SMILES string of the molecule is CN(C)S(=O)(=O)c1cccc(C(=O)N2CCN(C(=O)[C@@H]3CCCO3)CC2)c1. The number of benzene rings is 1. The van der Waals surface area contributed by atoms with Gasteiger partial charge in [0, 0.05) is 52.4 Å². The van der Waals surface area contributed by atoms with Crippen molar-refractivity contribution in [1.29, 1.82) is 0 Å². The number of carbonyl (C=O) groups excluding carboxylic acids is 2. The normalized spacial score (nSPS) is 20.9. The fourth-order valence-corrected chi connectivity index (χ4v) is 4.24. The molecule has 2 heterocycles. The predicted octanol–water partition coefficient (Wildman–Crippen LogP) is 0.400. The first kappa shape index (κ1) is 19.8. The largest absolute Gasteiger partial charge is 0.368 e. The standard InChI is InChI=1S/C18H25N3O5S/c1-19(2)27(24,25)15-6-3-5-14(13-15)17(22)20-8-10-21(11-9-20)18(23)16-7-4-12-26-16/h3,5-6,13,16H,4,7-12H2,1-2H3/t16-/m0/s1. The lowest BCUT2D eigenvalue weighted by Crippen LogP contribution is -2.52. The van der Waals surface area contributed by atoms with E-state index in [1.165, 1.54) is 26.2 Å². The van der Waals surface area contributed by atoms with Crippen molar-refractivity contribution < 1.29 is 22.7 Å². The highest BCUT2D eigenvalue weighted by atomic mass is 32.2. The molecule has 0 radical (unpaired) electrons. The molecule has 0 bridgehead atoms. The van der Waals surface area contributed by atoms with Crippen LogP contribution in [-0.4, -0.2) is 87.3 Å². The highest BCUT2D eigenvalue weighted by Gasteiger charge is 2.31. The van der Waals surface area contributed by atoms with Crippen LogP contribution in [0.3, 0.4) is 0 Å². The third kappa shape index (κ3) is 4.15. The summed E-state index contributed by atoms with van der Waals surface area (Å²) in [5.74, 6) is -0.228. The van der Waals surface area contributed by atoms with Crippen LogP contribution in [0.15, 0.2) is 29.2 Å². The first-order valence-corrected chi connectivity index (χ1v) is 10.5. The quantitative estimate of drug-likeness (QED) is 0.737. The van der Waals surface area contributed by atoms with E-state index in [0.29, 0.717) is 38.3 Å². The van der Waals surface area contributed by atoms with E-state index in [2.05, 4.69) is 0 Å². The number of hydrogen-bond donors (Lipinski definition) is 0. The van der Waals surface area contributed by atoms with Crippen LogP contribution in [-0.2, 0) is 19.6 Å². The molecule has 0 N–H and O–H groups in total. The maximum atomic E-state index is 12.8. The molecule has 8 nitrogen and oxygen atoms in total. The minimum absolute atomic E-state index is 0.00123. The molecule has 2 aliphatic rings. The summed E-state index contributed by atoms with van der Waals surface area (Å²) in [5.41, 5.74) is 0.330. The van der Waals surface area contributed by atoms with Crippen molar-refractivity contribution in [3.63, 3.8) is 0 Å². The Labute approximate surface area is 159 Å². The van der Waals surface area contributed by atoms with Gasteiger partial charge in [0.05, 0.1) is 4.90 Å². The molecule has 148 valence electrons. The van der Waals surface area contributed by atoms with Crippen molar-refractivity contribution in [1.82, 2.24) is 14.1 Å². The van der Waals surface area contributed by atoms with Crippen LogP contribution < -0.4 is 0 Å². The number of amides is 2. The molecule has 2 aliphatic heterocycles. The maximum absolute atomic E-state index is 12.8. The first-order valence-electron chi connectivity index (χ1n) is 9.03. The molecular weight excluding hydrogens is 370 g/mol. The van der Waals surface area contributed by atoms with Gasteiger partial charge in [-0.1, -0.05) is 6.07 Å². The molecule has 0 aliphatic carbocycles. The molecule has 1 aromatic carbocycles. The number of hydrogen-bond acceptors (Lipinski definition) is 5. The summed E-state index contributed by atoms with van der Waals surface area (Å²) in [6.45, 7) is 2.38. The molecule has 2 saturated heterocycles. The van der Waals surface area contributed by atoms with E-state index >= 15 is 0 Å². The Bertz CT molecular complexity index is 810. The molecule has 1 aromatic rings. The highest BCUT2D eigenvalue weighted by molar-refractivity contribution is 7.89. The summed E-state index contributed by atoms with van der Waals surface area (Å²) in [7, 11) is -0.692. The topological polar surface area (TPSA) is 87.2 Å². The fraction of sp³-hybridized carbons (Fsp3) is 0.556. The second-order valence-electron chi connectivity index (χ2n) is 6.93. The van der Waals surface area contributed by atoms with E-state index in [4.69, 9.17) is 4.74 Å². The van der Waals surface area contributed by atoms with E-state index in [1.807, 2.05) is 0 Å². The summed E-state index contributed by atoms with van der Waals surface area (Å²) in [4.78, 5) is 28.6. The van der Waals surface area contributed by atoms with E-state index in [1.54, 1.807) is 21.9 Å². The van der Waals surface area contributed by atoms with Crippen LogP contribution in [0.25, 0.3) is 0 Å². The minimum atomic E-state index is -3.60. The zero-order valence-electron chi connectivity index (χ0n) is 15.6. The van der Waals surface area contributed by atoms with E-state index in [-0.39, 0.29) is 22.8 Å². The van der Waals surface area contributed by atoms with Gasteiger partial charge in [0.2, 0.25) is 10.0 Å². The van der Waals surface area contributed by atoms with E-state index in [9.17, 15) is 18.0 Å². The number of ether oxygens (including phenoxy) is 1. The molecule has 0 aromatic heterocycles. The molecule has 0 unspecified atom stereocenters. The van der Waals surface area contributed by atoms with Crippen molar-refractivity contribution in [2.45, 2.75) is 23.8 Å². The van der Waals surface area contributed by atoms with Crippen LogP contribution in [0.1, 0.15) is 23.2 Å². The van der Waals surface area contributed by atoms with Crippen molar-refractivity contribution in [2.75, 3.05) is 46.9 Å². The molecule has 0 spiro atoms. The summed E-state index contributed by atoms with van der Waals surface area (Å²) < 4.78 is 31.1. The van der Waals surface area contributed by atoms with Gasteiger partial charge in [0.25, 0.3) is 11.8 Å². The number of piperazine rings is 1. The van der Waals surface area contributed by atoms with Crippen LogP contribution in [0, 0.1) is 0 Å². The molecular formula is C18H25N3O5S. The lowest BCUT2D eigenvalue weighted by Gasteiger charge is -2.35. The maximum Gasteiger partial charge on any atom is 0.254 e. The van der Waals surface area contributed by atoms with Crippen molar-refractivity contribution in [3.05, 3.63) is 29.8 Å². The van der Waals surface area contributed by atoms with Crippen LogP contribution in [0.2, 0.25) is 0 Å². The van der Waals surface area contributed by atoms with Crippen LogP contribution >= 0.6 is 0 Å². The Balaban J connectivity index is 1.65. The van der Waals surface area contributed by atoms with E-state index in [0.717, 1.165) is 17.1 Å². The van der Waals surface area contributed by atoms with Gasteiger partial charge in [-0.05, 0) is 31.0 Å². The molecule has 0 saturated carbocycles. The Morgan fingerprint density at radius 3 is 2.37 bits per heavy atom. The average Bonchev–Trinajstić information content (AvgIpc) is 3.21. The van der Waals surface area contributed by atoms with Crippen LogP contribution in [0.5, 0.6) is 0 Å². The number of sulfonamides is 1. The lowest BCUT2D eigenvalue weighted by molar-refractivity contribution is -0.142. The highest BCUT2D eigenvalue weighted by Crippen LogP contribution is 2.19. The van der Waals surface area contributed by atoms with Gasteiger partial charge >= 0.3 is 0 Å². The van der Waals surface area contributed by atoms with Gasteiger partial charge in [0.1, 0.15) is 6.10 Å². The zero-order valence-corrected chi connectivity index (χ0v) is 16.4. The molecule has 9 heteroatoms. The Morgan fingerprint density at radius 2 is 1.78 bits per heavy atom. The first-order chi connectivity index (χ1) is 12.8. The minimum Gasteiger partial charge on any atom is -0.368 e. The van der Waals surface area contributed by atoms with Crippen LogP contribution in [0.4, 0.5) is 0 Å². The summed E-state index contributed by atoms with van der Waals surface area (Å²) in [5, 5.41) is 0. The third-order valence-electron chi connectivity index (χ3n) is 4.94. The molecule has 2 fully saturated rings. The van der Waals surface area contributed by atoms with Gasteiger partial charge in [-0.25, -0.2) is 12.7 Å². The fourth-order valence-electron chi connectivity index (χ4n) is 3.29. The summed E-state index contributed by atoms with van der Waals surface area (Å²) in [6, 6.07) is 6.06. The summed E-state index contributed by atoms with van der Waals surface area (Å²) >= 11 is 0. The monoisotopic (exact) mass is 395 g/mol. The number of nitrogens with zero attached hydrogens (tertiary/aromatic N) is 3. The van der Waals surface area contributed by atoms with Gasteiger partial charge in [-0.15, -0.1) is 0 Å². The Morgan fingerprint density at radius 1 is 1.11 bits per heavy atom. The average molecular weight is 395 g/mol.